The zero-order chi connectivity index (χ0) is 24.4. The first kappa shape index (κ1) is 23.2. The Morgan fingerprint density at radius 3 is 2.17 bits per heavy atom. The number of halogens is 2. The third-order valence-electron chi connectivity index (χ3n) is 6.21. The van der Waals surface area contributed by atoms with Gasteiger partial charge in [0.15, 0.2) is 0 Å². The van der Waals surface area contributed by atoms with E-state index < -0.39 is 0 Å². The monoisotopic (exact) mass is 499 g/mol. The van der Waals surface area contributed by atoms with Crippen LogP contribution in [0.2, 0.25) is 10.0 Å². The smallest absolute Gasteiger partial charge is 0.306 e. The fourth-order valence-electron chi connectivity index (χ4n) is 4.33. The van der Waals surface area contributed by atoms with Crippen molar-refractivity contribution in [2.45, 2.75) is 19.4 Å². The van der Waals surface area contributed by atoms with E-state index in [-0.39, 0.29) is 12.1 Å². The fourth-order valence-corrected chi connectivity index (χ4v) is 4.58. The van der Waals surface area contributed by atoms with Crippen molar-refractivity contribution in [2.75, 3.05) is 5.32 Å². The van der Waals surface area contributed by atoms with Gasteiger partial charge in [-0.1, -0.05) is 89.9 Å². The summed E-state index contributed by atoms with van der Waals surface area (Å²) < 4.78 is 0. The summed E-state index contributed by atoms with van der Waals surface area (Å²) in [5.41, 5.74) is 6.65. The first-order valence-electron chi connectivity index (χ1n) is 11.3. The predicted octanol–water partition coefficient (Wildman–Crippen LogP) is 8.35. The van der Waals surface area contributed by atoms with Crippen LogP contribution >= 0.6 is 23.2 Å². The highest BCUT2D eigenvalue weighted by Crippen LogP contribution is 2.35. The first-order chi connectivity index (χ1) is 17.0. The maximum atomic E-state index is 13.6. The van der Waals surface area contributed by atoms with Crippen molar-refractivity contribution in [3.63, 3.8) is 0 Å². The van der Waals surface area contributed by atoms with E-state index in [4.69, 9.17) is 28.3 Å². The number of carbonyl (C=O) groups is 1. The quantitative estimate of drug-likeness (QED) is 0.301. The average molecular weight is 500 g/mol. The van der Waals surface area contributed by atoms with Gasteiger partial charge < -0.3 is 5.32 Å². The highest BCUT2D eigenvalue weighted by molar-refractivity contribution is 6.31. The number of amides is 2. The Labute approximate surface area is 214 Å². The Balaban J connectivity index is 1.47. The molecule has 4 aromatic carbocycles. The van der Waals surface area contributed by atoms with Gasteiger partial charge in [0.1, 0.15) is 0 Å². The number of urea groups is 1. The standard InChI is InChI=1S/C29H23Cl2N3O/c1-19-25(20-6-3-2-4-7-20)8-5-9-26(19)32-29(35)34-28(22-12-16-24(31)17-13-22)18-27(33-34)21-10-14-23(30)15-11-21/h2-17,28H,18H2,1H3,(H,32,35)/t28-/m1/s1. The van der Waals surface area contributed by atoms with Gasteiger partial charge in [0, 0.05) is 22.2 Å². The van der Waals surface area contributed by atoms with E-state index in [1.54, 1.807) is 0 Å². The van der Waals surface area contributed by atoms with Crippen LogP contribution in [0.5, 0.6) is 0 Å². The maximum absolute atomic E-state index is 13.6. The molecule has 35 heavy (non-hydrogen) atoms. The molecule has 4 nitrogen and oxygen atoms in total. The number of hydrazone groups is 1. The van der Waals surface area contributed by atoms with Crippen LogP contribution in [-0.4, -0.2) is 16.8 Å². The van der Waals surface area contributed by atoms with E-state index in [9.17, 15) is 4.79 Å². The van der Waals surface area contributed by atoms with Crippen molar-refractivity contribution in [1.29, 1.82) is 0 Å². The lowest BCUT2D eigenvalue weighted by Gasteiger charge is -2.23. The SMILES string of the molecule is Cc1c(NC(=O)N2N=C(c3ccc(Cl)cc3)C[C@@H]2c2ccc(Cl)cc2)cccc1-c1ccccc1. The summed E-state index contributed by atoms with van der Waals surface area (Å²) in [7, 11) is 0. The summed E-state index contributed by atoms with van der Waals surface area (Å²) in [5, 5.41) is 10.7. The lowest BCUT2D eigenvalue weighted by molar-refractivity contribution is 0.200. The molecule has 0 spiro atoms. The second kappa shape index (κ2) is 9.95. The molecule has 1 N–H and O–H groups in total. The van der Waals surface area contributed by atoms with Gasteiger partial charge >= 0.3 is 6.03 Å². The van der Waals surface area contributed by atoms with E-state index in [1.165, 1.54) is 5.01 Å². The van der Waals surface area contributed by atoms with Gasteiger partial charge in [0.2, 0.25) is 0 Å². The van der Waals surface area contributed by atoms with Crippen molar-refractivity contribution in [2.24, 2.45) is 5.10 Å². The summed E-state index contributed by atoms with van der Waals surface area (Å²) in [4.78, 5) is 13.6. The molecule has 1 aliphatic rings. The summed E-state index contributed by atoms with van der Waals surface area (Å²) >= 11 is 12.2. The lowest BCUT2D eigenvalue weighted by Crippen LogP contribution is -2.31. The van der Waals surface area contributed by atoms with Gasteiger partial charge in [0.25, 0.3) is 0 Å². The zero-order valence-corrected chi connectivity index (χ0v) is 20.6. The molecule has 0 unspecified atom stereocenters. The van der Waals surface area contributed by atoms with Crippen LogP contribution in [-0.2, 0) is 0 Å². The van der Waals surface area contributed by atoms with Crippen molar-refractivity contribution >= 4 is 40.6 Å². The van der Waals surface area contributed by atoms with Crippen LogP contribution in [0.3, 0.4) is 0 Å². The highest BCUT2D eigenvalue weighted by atomic mass is 35.5. The topological polar surface area (TPSA) is 44.7 Å². The summed E-state index contributed by atoms with van der Waals surface area (Å²) in [6, 6.07) is 30.6. The largest absolute Gasteiger partial charge is 0.342 e. The minimum Gasteiger partial charge on any atom is -0.306 e. The second-order valence-electron chi connectivity index (χ2n) is 8.44. The molecule has 1 heterocycles. The molecule has 0 saturated heterocycles. The van der Waals surface area contributed by atoms with Gasteiger partial charge in [-0.2, -0.15) is 5.10 Å². The van der Waals surface area contributed by atoms with Crippen LogP contribution in [0.25, 0.3) is 11.1 Å². The van der Waals surface area contributed by atoms with Gasteiger partial charge in [-0.25, -0.2) is 9.80 Å². The number of nitrogens with zero attached hydrogens (tertiary/aromatic N) is 2. The number of carbonyl (C=O) groups excluding carboxylic acids is 1. The molecule has 0 aromatic heterocycles. The Bertz CT molecular complexity index is 1380. The number of nitrogens with one attached hydrogen (secondary N) is 1. The molecule has 1 atom stereocenters. The molecule has 1 aliphatic heterocycles. The Morgan fingerprint density at radius 1 is 0.829 bits per heavy atom. The van der Waals surface area contributed by atoms with Crippen molar-refractivity contribution in [1.82, 2.24) is 5.01 Å². The normalized spacial score (nSPS) is 15.1. The average Bonchev–Trinajstić information content (AvgIpc) is 3.32. The van der Waals surface area contributed by atoms with Crippen molar-refractivity contribution < 1.29 is 4.79 Å². The fraction of sp³-hybridized carbons (Fsp3) is 0.103. The van der Waals surface area contributed by atoms with Crippen LogP contribution in [0.1, 0.15) is 29.2 Å². The zero-order valence-electron chi connectivity index (χ0n) is 19.1. The molecule has 6 heteroatoms. The van der Waals surface area contributed by atoms with Gasteiger partial charge in [0.05, 0.1) is 11.8 Å². The van der Waals surface area contributed by atoms with Crippen LogP contribution in [0.4, 0.5) is 10.5 Å². The number of hydrogen-bond acceptors (Lipinski definition) is 2. The Kier molecular flexibility index (Phi) is 6.58. The Morgan fingerprint density at radius 2 is 1.49 bits per heavy atom. The lowest BCUT2D eigenvalue weighted by atomic mass is 9.98. The molecule has 0 radical (unpaired) electrons. The second-order valence-corrected chi connectivity index (χ2v) is 9.32. The summed E-state index contributed by atoms with van der Waals surface area (Å²) in [6.45, 7) is 2.01. The summed E-state index contributed by atoms with van der Waals surface area (Å²) in [5.74, 6) is 0. The molecule has 0 fully saturated rings. The molecular weight excluding hydrogens is 477 g/mol. The minimum atomic E-state index is -0.290. The molecule has 5 rings (SSSR count). The molecular formula is C29H23Cl2N3O. The molecule has 4 aromatic rings. The van der Waals surface area contributed by atoms with Crippen LogP contribution < -0.4 is 5.32 Å². The first-order valence-corrected chi connectivity index (χ1v) is 12.1. The third kappa shape index (κ3) is 4.95. The molecule has 0 bridgehead atoms. The van der Waals surface area contributed by atoms with Gasteiger partial charge in [-0.15, -0.1) is 0 Å². The highest BCUT2D eigenvalue weighted by Gasteiger charge is 2.33. The van der Waals surface area contributed by atoms with Gasteiger partial charge in [-0.3, -0.25) is 0 Å². The minimum absolute atomic E-state index is 0.254. The molecule has 0 saturated carbocycles. The number of benzene rings is 4. The number of rotatable bonds is 4. The van der Waals surface area contributed by atoms with Crippen LogP contribution in [0, 0.1) is 6.92 Å². The van der Waals surface area contributed by atoms with E-state index >= 15 is 0 Å². The third-order valence-corrected chi connectivity index (χ3v) is 6.71. The number of anilines is 1. The van der Waals surface area contributed by atoms with E-state index in [0.717, 1.165) is 39.2 Å². The van der Waals surface area contributed by atoms with E-state index in [0.29, 0.717) is 16.5 Å². The van der Waals surface area contributed by atoms with E-state index in [1.807, 2.05) is 85.8 Å². The molecule has 2 amide bonds. The van der Waals surface area contributed by atoms with E-state index in [2.05, 4.69) is 23.5 Å². The van der Waals surface area contributed by atoms with Crippen LogP contribution in [0.15, 0.2) is 102 Å². The number of hydrogen-bond donors (Lipinski definition) is 1. The predicted molar refractivity (Wildman–Crippen MR) is 144 cm³/mol. The summed E-state index contributed by atoms with van der Waals surface area (Å²) in [6.07, 6.45) is 0.583. The Hall–Kier alpha value is -3.60. The molecule has 174 valence electrons. The van der Waals surface area contributed by atoms with Gasteiger partial charge in [-0.05, 0) is 65.1 Å². The molecule has 0 aliphatic carbocycles. The van der Waals surface area contributed by atoms with Crippen molar-refractivity contribution in [3.05, 3.63) is 124 Å². The maximum Gasteiger partial charge on any atom is 0.342 e. The van der Waals surface area contributed by atoms with Crippen molar-refractivity contribution in [3.8, 4) is 11.1 Å².